The molecular weight excluding hydrogens is 216 g/mol. The molecule has 1 aliphatic heterocycles. The van der Waals surface area contributed by atoms with E-state index >= 15 is 0 Å². The molecule has 100 valence electrons. The van der Waals surface area contributed by atoms with E-state index in [-0.39, 0.29) is 12.1 Å². The molecule has 0 aromatic carbocycles. The SMILES string of the molecule is CNC(CO)(CN1CCC(COC)C1)C1CC1. The molecule has 2 fully saturated rings. The van der Waals surface area contributed by atoms with E-state index in [4.69, 9.17) is 4.74 Å². The van der Waals surface area contributed by atoms with Gasteiger partial charge in [-0.15, -0.1) is 0 Å². The summed E-state index contributed by atoms with van der Waals surface area (Å²) in [4.78, 5) is 2.48. The zero-order valence-electron chi connectivity index (χ0n) is 11.1. The van der Waals surface area contributed by atoms with Gasteiger partial charge in [0.25, 0.3) is 0 Å². The maximum atomic E-state index is 9.70. The van der Waals surface area contributed by atoms with E-state index in [1.54, 1.807) is 7.11 Å². The van der Waals surface area contributed by atoms with E-state index in [0.717, 1.165) is 26.2 Å². The first kappa shape index (κ1) is 13.3. The van der Waals surface area contributed by atoms with Crippen LogP contribution in [0.3, 0.4) is 0 Å². The molecule has 1 saturated carbocycles. The summed E-state index contributed by atoms with van der Waals surface area (Å²) in [6.45, 7) is 4.35. The van der Waals surface area contributed by atoms with Crippen molar-refractivity contribution in [2.75, 3.05) is 47.0 Å². The second-order valence-corrected chi connectivity index (χ2v) is 5.68. The molecule has 1 heterocycles. The average Bonchev–Trinajstić information content (AvgIpc) is 3.11. The predicted molar refractivity (Wildman–Crippen MR) is 68.0 cm³/mol. The summed E-state index contributed by atoms with van der Waals surface area (Å²) in [7, 11) is 3.76. The average molecular weight is 242 g/mol. The highest BCUT2D eigenvalue weighted by Crippen LogP contribution is 2.40. The van der Waals surface area contributed by atoms with Gasteiger partial charge in [0.05, 0.1) is 18.8 Å². The lowest BCUT2D eigenvalue weighted by atomic mass is 9.93. The Bertz CT molecular complexity index is 240. The molecule has 2 N–H and O–H groups in total. The Morgan fingerprint density at radius 3 is 2.71 bits per heavy atom. The second-order valence-electron chi connectivity index (χ2n) is 5.68. The van der Waals surface area contributed by atoms with Crippen molar-refractivity contribution in [1.29, 1.82) is 0 Å². The van der Waals surface area contributed by atoms with Gasteiger partial charge in [0.1, 0.15) is 0 Å². The number of hydrogen-bond donors (Lipinski definition) is 2. The number of hydrogen-bond acceptors (Lipinski definition) is 4. The number of rotatable bonds is 7. The van der Waals surface area contributed by atoms with Gasteiger partial charge >= 0.3 is 0 Å². The van der Waals surface area contributed by atoms with Gasteiger partial charge in [-0.3, -0.25) is 0 Å². The van der Waals surface area contributed by atoms with Crippen LogP contribution in [0.5, 0.6) is 0 Å². The molecule has 0 aromatic rings. The molecule has 0 spiro atoms. The molecule has 17 heavy (non-hydrogen) atoms. The van der Waals surface area contributed by atoms with Crippen molar-refractivity contribution in [1.82, 2.24) is 10.2 Å². The molecule has 2 unspecified atom stereocenters. The van der Waals surface area contributed by atoms with Gasteiger partial charge in [0, 0.05) is 20.2 Å². The normalized spacial score (nSPS) is 29.5. The highest BCUT2D eigenvalue weighted by atomic mass is 16.5. The van der Waals surface area contributed by atoms with Gasteiger partial charge < -0.3 is 20.1 Å². The van der Waals surface area contributed by atoms with Gasteiger partial charge in [-0.25, -0.2) is 0 Å². The number of likely N-dealkylation sites (tertiary alicyclic amines) is 1. The standard InChI is InChI=1S/C13H26N2O2/c1-14-13(10-16,12-3-4-12)9-15-6-5-11(7-15)8-17-2/h11-12,14,16H,3-10H2,1-2H3. The Labute approximate surface area is 104 Å². The smallest absolute Gasteiger partial charge is 0.0628 e. The van der Waals surface area contributed by atoms with E-state index in [2.05, 4.69) is 10.2 Å². The monoisotopic (exact) mass is 242 g/mol. The van der Waals surface area contributed by atoms with Crippen molar-refractivity contribution in [3.63, 3.8) is 0 Å². The van der Waals surface area contributed by atoms with E-state index in [1.807, 2.05) is 7.05 Å². The fraction of sp³-hybridized carbons (Fsp3) is 1.00. The van der Waals surface area contributed by atoms with Crippen LogP contribution >= 0.6 is 0 Å². The fourth-order valence-corrected chi connectivity index (χ4v) is 3.13. The van der Waals surface area contributed by atoms with E-state index < -0.39 is 0 Å². The summed E-state index contributed by atoms with van der Waals surface area (Å²) in [5.41, 5.74) is -0.0675. The number of nitrogens with zero attached hydrogens (tertiary/aromatic N) is 1. The van der Waals surface area contributed by atoms with Crippen LogP contribution in [-0.2, 0) is 4.74 Å². The lowest BCUT2D eigenvalue weighted by Crippen LogP contribution is -2.56. The van der Waals surface area contributed by atoms with Crippen LogP contribution in [-0.4, -0.2) is 62.6 Å². The van der Waals surface area contributed by atoms with Gasteiger partial charge in [0.2, 0.25) is 0 Å². The summed E-state index contributed by atoms with van der Waals surface area (Å²) in [5.74, 6) is 1.34. The Balaban J connectivity index is 1.86. The second kappa shape index (κ2) is 5.65. The third-order valence-electron chi connectivity index (χ3n) is 4.42. The third-order valence-corrected chi connectivity index (χ3v) is 4.42. The quantitative estimate of drug-likeness (QED) is 0.675. The van der Waals surface area contributed by atoms with Crippen molar-refractivity contribution in [2.45, 2.75) is 24.8 Å². The Kier molecular flexibility index (Phi) is 4.42. The summed E-state index contributed by atoms with van der Waals surface area (Å²) in [5, 5.41) is 13.1. The van der Waals surface area contributed by atoms with Gasteiger partial charge in [-0.1, -0.05) is 0 Å². The largest absolute Gasteiger partial charge is 0.394 e. The molecule has 4 nitrogen and oxygen atoms in total. The molecule has 4 heteroatoms. The van der Waals surface area contributed by atoms with Crippen LogP contribution in [0.25, 0.3) is 0 Å². The maximum Gasteiger partial charge on any atom is 0.0628 e. The number of aliphatic hydroxyl groups is 1. The number of ether oxygens (including phenoxy) is 1. The molecule has 0 amide bonds. The zero-order valence-corrected chi connectivity index (χ0v) is 11.1. The van der Waals surface area contributed by atoms with Gasteiger partial charge in [-0.05, 0) is 44.7 Å². The number of aliphatic hydroxyl groups excluding tert-OH is 1. The van der Waals surface area contributed by atoms with Crippen LogP contribution in [0.1, 0.15) is 19.3 Å². The predicted octanol–water partition coefficient (Wildman–Crippen LogP) is 0.315. The van der Waals surface area contributed by atoms with Crippen molar-refractivity contribution in [2.24, 2.45) is 11.8 Å². The van der Waals surface area contributed by atoms with Gasteiger partial charge in [-0.2, -0.15) is 0 Å². The summed E-state index contributed by atoms with van der Waals surface area (Å²) < 4.78 is 5.22. The molecule has 1 saturated heterocycles. The third kappa shape index (κ3) is 2.99. The Morgan fingerprint density at radius 2 is 2.18 bits per heavy atom. The van der Waals surface area contributed by atoms with E-state index in [9.17, 15) is 5.11 Å². The summed E-state index contributed by atoms with van der Waals surface area (Å²) in [6, 6.07) is 0. The van der Waals surface area contributed by atoms with Crippen LogP contribution in [0.2, 0.25) is 0 Å². The highest BCUT2D eigenvalue weighted by molar-refractivity contribution is 5.02. The van der Waals surface area contributed by atoms with E-state index in [1.165, 1.54) is 19.3 Å². The highest BCUT2D eigenvalue weighted by Gasteiger charge is 2.45. The zero-order chi connectivity index (χ0) is 12.3. The molecule has 2 atom stereocenters. The van der Waals surface area contributed by atoms with Crippen LogP contribution < -0.4 is 5.32 Å². The molecule has 1 aliphatic carbocycles. The summed E-state index contributed by atoms with van der Waals surface area (Å²) >= 11 is 0. The lowest BCUT2D eigenvalue weighted by molar-refractivity contribution is 0.100. The van der Waals surface area contributed by atoms with Crippen molar-refractivity contribution >= 4 is 0 Å². The fourth-order valence-electron chi connectivity index (χ4n) is 3.13. The molecule has 0 bridgehead atoms. The first-order valence-corrected chi connectivity index (χ1v) is 6.75. The first-order valence-electron chi connectivity index (χ1n) is 6.75. The Hall–Kier alpha value is -0.160. The van der Waals surface area contributed by atoms with Crippen LogP contribution in [0, 0.1) is 11.8 Å². The minimum atomic E-state index is -0.0675. The number of methoxy groups -OCH3 is 1. The van der Waals surface area contributed by atoms with Crippen LogP contribution in [0.4, 0.5) is 0 Å². The van der Waals surface area contributed by atoms with Crippen molar-refractivity contribution in [3.8, 4) is 0 Å². The number of likely N-dealkylation sites (N-methyl/N-ethyl adjacent to an activating group) is 1. The molecule has 0 radical (unpaired) electrons. The van der Waals surface area contributed by atoms with Gasteiger partial charge in [0.15, 0.2) is 0 Å². The minimum absolute atomic E-state index is 0.0675. The maximum absolute atomic E-state index is 9.70. The first-order chi connectivity index (χ1) is 8.24. The lowest BCUT2D eigenvalue weighted by Gasteiger charge is -2.36. The van der Waals surface area contributed by atoms with E-state index in [0.29, 0.717) is 11.8 Å². The van der Waals surface area contributed by atoms with Crippen molar-refractivity contribution < 1.29 is 9.84 Å². The minimum Gasteiger partial charge on any atom is -0.394 e. The summed E-state index contributed by atoms with van der Waals surface area (Å²) in [6.07, 6.45) is 3.75. The van der Waals surface area contributed by atoms with Crippen molar-refractivity contribution in [3.05, 3.63) is 0 Å². The Morgan fingerprint density at radius 1 is 1.41 bits per heavy atom. The van der Waals surface area contributed by atoms with Crippen LogP contribution in [0.15, 0.2) is 0 Å². The molecule has 0 aromatic heterocycles. The number of nitrogens with one attached hydrogen (secondary N) is 1. The topological polar surface area (TPSA) is 44.7 Å². The molecule has 2 aliphatic rings. The molecular formula is C13H26N2O2. The molecule has 2 rings (SSSR count).